The van der Waals surface area contributed by atoms with Gasteiger partial charge in [0.1, 0.15) is 6.04 Å². The first-order chi connectivity index (χ1) is 16.4. The van der Waals surface area contributed by atoms with Crippen molar-refractivity contribution < 1.29 is 19.1 Å². The van der Waals surface area contributed by atoms with E-state index in [4.69, 9.17) is 4.74 Å². The van der Waals surface area contributed by atoms with Crippen molar-refractivity contribution >= 4 is 17.8 Å². The summed E-state index contributed by atoms with van der Waals surface area (Å²) in [4.78, 5) is 43.7. The van der Waals surface area contributed by atoms with Crippen LogP contribution in [-0.4, -0.2) is 72.0 Å². The number of carbonyl (C=O) groups is 3. The SMILES string of the molecule is CCOC(=O)/C(C)=C/C(C(C)C)N(C)C(=O)C(NC(=O)C1CCCCN1C1CCCC1)C(C)(C)C. The first-order valence-electron chi connectivity index (χ1n) is 13.6. The molecule has 0 aromatic heterocycles. The summed E-state index contributed by atoms with van der Waals surface area (Å²) < 4.78 is 5.13. The molecule has 0 bridgehead atoms. The predicted molar refractivity (Wildman–Crippen MR) is 140 cm³/mol. The fourth-order valence-electron chi connectivity index (χ4n) is 5.47. The Labute approximate surface area is 213 Å². The Morgan fingerprint density at radius 1 is 1.09 bits per heavy atom. The van der Waals surface area contributed by atoms with Crippen LogP contribution in [0.15, 0.2) is 11.6 Å². The van der Waals surface area contributed by atoms with Gasteiger partial charge in [-0.1, -0.05) is 60.0 Å². The third kappa shape index (κ3) is 7.80. The number of esters is 1. The molecule has 7 nitrogen and oxygen atoms in total. The van der Waals surface area contributed by atoms with Crippen LogP contribution in [0.2, 0.25) is 0 Å². The zero-order chi connectivity index (χ0) is 26.3. The molecule has 2 amide bonds. The van der Waals surface area contributed by atoms with E-state index in [0.29, 0.717) is 18.2 Å². The summed E-state index contributed by atoms with van der Waals surface area (Å²) in [6.45, 7) is 14.8. The number of amides is 2. The van der Waals surface area contributed by atoms with Gasteiger partial charge in [-0.25, -0.2) is 4.79 Å². The summed E-state index contributed by atoms with van der Waals surface area (Å²) >= 11 is 0. The average Bonchev–Trinajstić information content (AvgIpc) is 3.33. The number of hydrogen-bond donors (Lipinski definition) is 1. The molecule has 0 aromatic carbocycles. The van der Waals surface area contributed by atoms with Gasteiger partial charge in [0.15, 0.2) is 0 Å². The number of ether oxygens (including phenoxy) is 1. The van der Waals surface area contributed by atoms with Gasteiger partial charge in [-0.3, -0.25) is 14.5 Å². The monoisotopic (exact) mass is 491 g/mol. The summed E-state index contributed by atoms with van der Waals surface area (Å²) in [5.41, 5.74) is 0.0194. The van der Waals surface area contributed by atoms with E-state index >= 15 is 0 Å². The van der Waals surface area contributed by atoms with E-state index in [9.17, 15) is 14.4 Å². The number of hydrogen-bond acceptors (Lipinski definition) is 5. The number of rotatable bonds is 9. The third-order valence-corrected chi connectivity index (χ3v) is 7.54. The van der Waals surface area contributed by atoms with Crippen LogP contribution in [0.1, 0.15) is 93.4 Å². The van der Waals surface area contributed by atoms with Crippen molar-refractivity contribution in [2.75, 3.05) is 20.2 Å². The molecule has 1 aliphatic carbocycles. The third-order valence-electron chi connectivity index (χ3n) is 7.54. The normalized spacial score (nSPS) is 22.1. The van der Waals surface area contributed by atoms with Crippen LogP contribution < -0.4 is 5.32 Å². The standard InChI is InChI=1S/C28H49N3O4/c1-9-35-27(34)20(4)18-23(19(2)3)30(8)26(33)24(28(5,6)7)29-25(32)22-16-12-13-17-31(22)21-14-10-11-15-21/h18-19,21-24H,9-17H2,1-8H3,(H,29,32)/b20-18+. The highest BCUT2D eigenvalue weighted by Gasteiger charge is 2.41. The molecule has 2 aliphatic rings. The second kappa shape index (κ2) is 12.9. The van der Waals surface area contributed by atoms with Crippen LogP contribution >= 0.6 is 0 Å². The molecule has 2 fully saturated rings. The maximum atomic E-state index is 13.8. The van der Waals surface area contributed by atoms with Crippen molar-refractivity contribution in [3.05, 3.63) is 11.6 Å². The molecule has 1 N–H and O–H groups in total. The first kappa shape index (κ1) is 29.3. The maximum Gasteiger partial charge on any atom is 0.333 e. The summed E-state index contributed by atoms with van der Waals surface area (Å²) in [6, 6.07) is -0.635. The highest BCUT2D eigenvalue weighted by Crippen LogP contribution is 2.30. The molecule has 0 spiro atoms. The van der Waals surface area contributed by atoms with Gasteiger partial charge in [0.05, 0.1) is 18.7 Å². The van der Waals surface area contributed by atoms with E-state index in [1.165, 1.54) is 12.8 Å². The van der Waals surface area contributed by atoms with Gasteiger partial charge in [-0.15, -0.1) is 0 Å². The van der Waals surface area contributed by atoms with Crippen LogP contribution in [-0.2, 0) is 19.1 Å². The molecule has 3 unspecified atom stereocenters. The van der Waals surface area contributed by atoms with Crippen molar-refractivity contribution in [1.29, 1.82) is 0 Å². The van der Waals surface area contributed by atoms with E-state index in [0.717, 1.165) is 38.6 Å². The highest BCUT2D eigenvalue weighted by atomic mass is 16.5. The molecule has 3 atom stereocenters. The fraction of sp³-hybridized carbons (Fsp3) is 0.821. The number of likely N-dealkylation sites (tertiary alicyclic amines) is 1. The Kier molecular flexibility index (Phi) is 10.8. The maximum absolute atomic E-state index is 13.8. The lowest BCUT2D eigenvalue weighted by Gasteiger charge is -2.41. The Balaban J connectivity index is 2.23. The second-order valence-corrected chi connectivity index (χ2v) is 11.7. The fourth-order valence-corrected chi connectivity index (χ4v) is 5.47. The van der Waals surface area contributed by atoms with Crippen LogP contribution in [0.3, 0.4) is 0 Å². The lowest BCUT2D eigenvalue weighted by molar-refractivity contribution is -0.142. The van der Waals surface area contributed by atoms with Gasteiger partial charge in [-0.2, -0.15) is 0 Å². The van der Waals surface area contributed by atoms with Crippen molar-refractivity contribution in [3.63, 3.8) is 0 Å². The Morgan fingerprint density at radius 2 is 1.69 bits per heavy atom. The van der Waals surface area contributed by atoms with Crippen molar-refractivity contribution in [3.8, 4) is 0 Å². The number of piperidine rings is 1. The quantitative estimate of drug-likeness (QED) is 0.384. The Hall–Kier alpha value is -1.89. The molecule has 1 heterocycles. The molecule has 1 aliphatic heterocycles. The number of nitrogens with zero attached hydrogens (tertiary/aromatic N) is 2. The molecule has 1 saturated carbocycles. The number of nitrogens with one attached hydrogen (secondary N) is 1. The Morgan fingerprint density at radius 3 is 2.23 bits per heavy atom. The molecule has 200 valence electrons. The minimum Gasteiger partial charge on any atom is -0.463 e. The van der Waals surface area contributed by atoms with E-state index in [1.807, 2.05) is 40.7 Å². The predicted octanol–water partition coefficient (Wildman–Crippen LogP) is 4.31. The zero-order valence-corrected chi connectivity index (χ0v) is 23.4. The molecular weight excluding hydrogens is 442 g/mol. The summed E-state index contributed by atoms with van der Waals surface area (Å²) in [5, 5.41) is 3.17. The van der Waals surface area contributed by atoms with Crippen LogP contribution in [0.5, 0.6) is 0 Å². The summed E-state index contributed by atoms with van der Waals surface area (Å²) in [6.07, 6.45) is 9.63. The van der Waals surface area contributed by atoms with E-state index in [1.54, 1.807) is 25.8 Å². The minimum absolute atomic E-state index is 0.0300. The van der Waals surface area contributed by atoms with E-state index < -0.39 is 11.5 Å². The number of carbonyl (C=O) groups excluding carboxylic acids is 3. The van der Waals surface area contributed by atoms with Gasteiger partial charge in [0, 0.05) is 18.7 Å². The van der Waals surface area contributed by atoms with Gasteiger partial charge in [-0.05, 0) is 57.4 Å². The molecule has 7 heteroatoms. The Bertz CT molecular complexity index is 765. The molecule has 0 radical (unpaired) electrons. The molecule has 1 saturated heterocycles. The van der Waals surface area contributed by atoms with E-state index in [-0.39, 0.29) is 35.8 Å². The minimum atomic E-state index is -0.662. The van der Waals surface area contributed by atoms with Crippen molar-refractivity contribution in [2.45, 2.75) is 118 Å². The second-order valence-electron chi connectivity index (χ2n) is 11.7. The van der Waals surface area contributed by atoms with Gasteiger partial charge >= 0.3 is 5.97 Å². The molecule has 0 aromatic rings. The average molecular weight is 492 g/mol. The van der Waals surface area contributed by atoms with Crippen LogP contribution in [0, 0.1) is 11.3 Å². The van der Waals surface area contributed by atoms with Gasteiger partial charge in [0.25, 0.3) is 0 Å². The van der Waals surface area contributed by atoms with Crippen LogP contribution in [0.25, 0.3) is 0 Å². The summed E-state index contributed by atoms with van der Waals surface area (Å²) in [5.74, 6) is -0.455. The zero-order valence-electron chi connectivity index (χ0n) is 23.4. The lowest BCUT2D eigenvalue weighted by Crippen LogP contribution is -2.60. The lowest BCUT2D eigenvalue weighted by atomic mass is 9.84. The van der Waals surface area contributed by atoms with E-state index in [2.05, 4.69) is 10.2 Å². The van der Waals surface area contributed by atoms with Gasteiger partial charge < -0.3 is 15.0 Å². The van der Waals surface area contributed by atoms with Crippen molar-refractivity contribution in [2.24, 2.45) is 11.3 Å². The smallest absolute Gasteiger partial charge is 0.333 e. The van der Waals surface area contributed by atoms with Crippen molar-refractivity contribution in [1.82, 2.24) is 15.1 Å². The molecule has 2 rings (SSSR count). The topological polar surface area (TPSA) is 79.0 Å². The molecular formula is C28H49N3O4. The largest absolute Gasteiger partial charge is 0.463 e. The van der Waals surface area contributed by atoms with Crippen LogP contribution in [0.4, 0.5) is 0 Å². The van der Waals surface area contributed by atoms with Gasteiger partial charge in [0.2, 0.25) is 11.8 Å². The molecule has 35 heavy (non-hydrogen) atoms. The summed E-state index contributed by atoms with van der Waals surface area (Å²) in [7, 11) is 1.76. The number of likely N-dealkylation sites (N-methyl/N-ethyl adjacent to an activating group) is 1. The first-order valence-corrected chi connectivity index (χ1v) is 13.6. The highest BCUT2D eigenvalue weighted by molar-refractivity contribution is 5.91.